The number of rotatable bonds is 8. The van der Waals surface area contributed by atoms with Gasteiger partial charge in [-0.25, -0.2) is 0 Å². The molecule has 0 aliphatic carbocycles. The molecule has 8 heteroatoms. The van der Waals surface area contributed by atoms with Crippen LogP contribution in [0.1, 0.15) is 6.42 Å². The average Bonchev–Trinajstić information content (AvgIpc) is 2.07. The van der Waals surface area contributed by atoms with Crippen LogP contribution in [-0.4, -0.2) is 42.6 Å². The summed E-state index contributed by atoms with van der Waals surface area (Å²) in [6, 6.07) is 0. The van der Waals surface area contributed by atoms with E-state index in [4.69, 9.17) is 0 Å². The highest BCUT2D eigenvalue weighted by molar-refractivity contribution is 7.86. The molecule has 0 aliphatic heterocycles. The van der Waals surface area contributed by atoms with E-state index < -0.39 is 20.2 Å². The van der Waals surface area contributed by atoms with Crippen LogP contribution in [0, 0.1) is 5.92 Å². The van der Waals surface area contributed by atoms with Gasteiger partial charge in [0.2, 0.25) is 0 Å². The van der Waals surface area contributed by atoms with Crippen LogP contribution in [0.5, 0.6) is 0 Å². The van der Waals surface area contributed by atoms with Crippen LogP contribution in [0.3, 0.4) is 0 Å². The maximum Gasteiger partial charge on any atom is 0.264 e. The highest BCUT2D eigenvalue weighted by atomic mass is 32.2. The Kier molecular flexibility index (Phi) is 6.16. The minimum atomic E-state index is -3.53. The third-order valence-corrected chi connectivity index (χ3v) is 2.66. The van der Waals surface area contributed by atoms with E-state index in [1.165, 1.54) is 0 Å². The monoisotopic (exact) mass is 272 g/mol. The van der Waals surface area contributed by atoms with Crippen LogP contribution < -0.4 is 0 Å². The Labute approximate surface area is 96.5 Å². The van der Waals surface area contributed by atoms with Gasteiger partial charge in [-0.2, -0.15) is 16.8 Å². The van der Waals surface area contributed by atoms with Crippen molar-refractivity contribution in [1.82, 2.24) is 0 Å². The molecule has 96 valence electrons. The molecule has 0 aliphatic rings. The van der Waals surface area contributed by atoms with Gasteiger partial charge in [0.1, 0.15) is 0 Å². The first-order chi connectivity index (χ1) is 7.14. The van der Waals surface area contributed by atoms with Crippen molar-refractivity contribution < 1.29 is 25.2 Å². The first-order valence-electron chi connectivity index (χ1n) is 4.44. The molecule has 0 heterocycles. The summed E-state index contributed by atoms with van der Waals surface area (Å²) in [7, 11) is -7.06. The standard InChI is InChI=1S/C8H16O6S2/c1-4-5-8(6-13-15(2,9)10)7-14-16(3,11)12/h4,8H,1,5-7H2,2-3H3. The molecular formula is C8H16O6S2. The molecule has 0 fully saturated rings. The normalized spacial score (nSPS) is 12.9. The van der Waals surface area contributed by atoms with Gasteiger partial charge in [-0.1, -0.05) is 6.08 Å². The molecule has 16 heavy (non-hydrogen) atoms. The fourth-order valence-electron chi connectivity index (χ4n) is 0.860. The van der Waals surface area contributed by atoms with Crippen LogP contribution in [0.2, 0.25) is 0 Å². The zero-order valence-electron chi connectivity index (χ0n) is 9.25. The summed E-state index contributed by atoms with van der Waals surface area (Å²) in [5.41, 5.74) is 0. The predicted molar refractivity (Wildman–Crippen MR) is 59.9 cm³/mol. The van der Waals surface area contributed by atoms with E-state index in [9.17, 15) is 16.8 Å². The molecule has 0 bridgehead atoms. The van der Waals surface area contributed by atoms with Gasteiger partial charge in [0.05, 0.1) is 25.7 Å². The summed E-state index contributed by atoms with van der Waals surface area (Å²) in [4.78, 5) is 0. The fourth-order valence-corrected chi connectivity index (χ4v) is 1.74. The Morgan fingerprint density at radius 1 is 1.06 bits per heavy atom. The van der Waals surface area contributed by atoms with Gasteiger partial charge in [-0.15, -0.1) is 6.58 Å². The Balaban J connectivity index is 4.23. The van der Waals surface area contributed by atoms with Crippen molar-refractivity contribution in [3.05, 3.63) is 12.7 Å². The van der Waals surface area contributed by atoms with Crippen LogP contribution in [0.4, 0.5) is 0 Å². The molecule has 0 atom stereocenters. The van der Waals surface area contributed by atoms with Crippen molar-refractivity contribution in [1.29, 1.82) is 0 Å². The van der Waals surface area contributed by atoms with Gasteiger partial charge >= 0.3 is 0 Å². The molecule has 0 radical (unpaired) electrons. The average molecular weight is 272 g/mol. The van der Waals surface area contributed by atoms with E-state index in [1.54, 1.807) is 6.08 Å². The molecule has 0 unspecified atom stereocenters. The molecule has 0 aromatic carbocycles. The zero-order valence-corrected chi connectivity index (χ0v) is 10.9. The van der Waals surface area contributed by atoms with Gasteiger partial charge in [-0.05, 0) is 6.42 Å². The lowest BCUT2D eigenvalue weighted by atomic mass is 10.1. The highest BCUT2D eigenvalue weighted by Crippen LogP contribution is 2.08. The third-order valence-electron chi connectivity index (χ3n) is 1.54. The van der Waals surface area contributed by atoms with Crippen molar-refractivity contribution in [2.75, 3.05) is 25.7 Å². The van der Waals surface area contributed by atoms with Crippen LogP contribution >= 0.6 is 0 Å². The Hall–Kier alpha value is -0.440. The molecule has 6 nitrogen and oxygen atoms in total. The maximum atomic E-state index is 10.7. The van der Waals surface area contributed by atoms with Gasteiger partial charge < -0.3 is 0 Å². The second kappa shape index (κ2) is 6.33. The molecular weight excluding hydrogens is 256 g/mol. The third kappa shape index (κ3) is 10.1. The van der Waals surface area contributed by atoms with Crippen LogP contribution in [0.25, 0.3) is 0 Å². The maximum absolute atomic E-state index is 10.7. The van der Waals surface area contributed by atoms with Crippen molar-refractivity contribution >= 4 is 20.2 Å². The van der Waals surface area contributed by atoms with Crippen LogP contribution in [0.15, 0.2) is 12.7 Å². The van der Waals surface area contributed by atoms with Gasteiger partial charge in [0.25, 0.3) is 20.2 Å². The Morgan fingerprint density at radius 2 is 1.44 bits per heavy atom. The summed E-state index contributed by atoms with van der Waals surface area (Å²) in [6.07, 6.45) is 3.80. The van der Waals surface area contributed by atoms with E-state index >= 15 is 0 Å². The van der Waals surface area contributed by atoms with E-state index in [2.05, 4.69) is 14.9 Å². The van der Waals surface area contributed by atoms with Crippen LogP contribution in [-0.2, 0) is 28.6 Å². The highest BCUT2D eigenvalue weighted by Gasteiger charge is 2.14. The smallest absolute Gasteiger partial charge is 0.264 e. The molecule has 0 amide bonds. The molecule has 0 saturated carbocycles. The lowest BCUT2D eigenvalue weighted by Crippen LogP contribution is -2.20. The summed E-state index contributed by atoms with van der Waals surface area (Å²) >= 11 is 0. The first kappa shape index (κ1) is 15.6. The molecule has 0 aromatic heterocycles. The zero-order chi connectivity index (χ0) is 12.8. The van der Waals surface area contributed by atoms with Gasteiger partial charge in [-0.3, -0.25) is 8.37 Å². The number of allylic oxidation sites excluding steroid dienone is 1. The lowest BCUT2D eigenvalue weighted by Gasteiger charge is -2.13. The second-order valence-electron chi connectivity index (χ2n) is 3.37. The fraction of sp³-hybridized carbons (Fsp3) is 0.750. The van der Waals surface area contributed by atoms with Gasteiger partial charge in [0.15, 0.2) is 0 Å². The molecule has 0 spiro atoms. The van der Waals surface area contributed by atoms with E-state index in [0.717, 1.165) is 12.5 Å². The van der Waals surface area contributed by atoms with E-state index in [0.29, 0.717) is 6.42 Å². The number of hydrogen-bond acceptors (Lipinski definition) is 6. The topological polar surface area (TPSA) is 86.7 Å². The lowest BCUT2D eigenvalue weighted by molar-refractivity contribution is 0.187. The Morgan fingerprint density at radius 3 is 1.69 bits per heavy atom. The quantitative estimate of drug-likeness (QED) is 0.461. The molecule has 0 N–H and O–H groups in total. The molecule has 0 rings (SSSR count). The largest absolute Gasteiger partial charge is 0.270 e. The summed E-state index contributed by atoms with van der Waals surface area (Å²) in [5.74, 6) is -0.359. The minimum Gasteiger partial charge on any atom is -0.270 e. The van der Waals surface area contributed by atoms with Gasteiger partial charge in [0, 0.05) is 5.92 Å². The van der Waals surface area contributed by atoms with E-state index in [1.807, 2.05) is 0 Å². The second-order valence-corrected chi connectivity index (χ2v) is 6.66. The SMILES string of the molecule is C=CCC(COS(C)(=O)=O)COS(C)(=O)=O. The van der Waals surface area contributed by atoms with Crippen molar-refractivity contribution in [2.45, 2.75) is 6.42 Å². The minimum absolute atomic E-state index is 0.125. The number of hydrogen-bond donors (Lipinski definition) is 0. The molecule has 0 saturated heterocycles. The van der Waals surface area contributed by atoms with Crippen molar-refractivity contribution in [3.8, 4) is 0 Å². The summed E-state index contributed by atoms with van der Waals surface area (Å²) in [6.45, 7) is 3.23. The Bertz CT molecular complexity index is 372. The summed E-state index contributed by atoms with van der Waals surface area (Å²) < 4.78 is 52.1. The van der Waals surface area contributed by atoms with Crippen molar-refractivity contribution in [2.24, 2.45) is 5.92 Å². The first-order valence-corrected chi connectivity index (χ1v) is 8.07. The van der Waals surface area contributed by atoms with E-state index in [-0.39, 0.29) is 19.1 Å². The predicted octanol–water partition coefficient (Wildman–Crippen LogP) is 0.131. The molecule has 0 aromatic rings. The van der Waals surface area contributed by atoms with Crippen molar-refractivity contribution in [3.63, 3.8) is 0 Å². The summed E-state index contributed by atoms with van der Waals surface area (Å²) in [5, 5.41) is 0.